The molecule has 0 heterocycles. The first-order chi connectivity index (χ1) is 28.2. The third-order valence-electron chi connectivity index (χ3n) is 12.5. The standard InChI is InChI=1S/C52H103NO5/c1-7-11-15-20-27-35-48(36-28-21-16-12-8-2)45-51(56)58-47-52(5,6)40-32-26-34-42-53(43-44-54)41-33-25-19-24-31-39-50(55)57-46-49(37-29-22-17-13-9-3)38-30-23-18-14-10-4/h48-49,54H,7-47H2,1-6H3. The molecule has 0 atom stereocenters. The molecule has 1 N–H and O–H groups in total. The molecule has 0 aromatic carbocycles. The molecule has 0 unspecified atom stereocenters. The highest BCUT2D eigenvalue weighted by Crippen LogP contribution is 2.27. The fraction of sp³-hybridized carbons (Fsp3) is 0.962. The van der Waals surface area contributed by atoms with Gasteiger partial charge < -0.3 is 19.5 Å². The molecule has 0 bridgehead atoms. The van der Waals surface area contributed by atoms with Gasteiger partial charge in [0.25, 0.3) is 0 Å². The Kier molecular flexibility index (Phi) is 41.7. The zero-order valence-corrected chi connectivity index (χ0v) is 40.2. The maximum Gasteiger partial charge on any atom is 0.306 e. The molecular formula is C52H103NO5. The van der Waals surface area contributed by atoms with Crippen LogP contribution in [0.25, 0.3) is 0 Å². The molecule has 0 aromatic rings. The molecule has 0 aromatic heterocycles. The lowest BCUT2D eigenvalue weighted by atomic mass is 9.87. The molecule has 58 heavy (non-hydrogen) atoms. The predicted molar refractivity (Wildman–Crippen MR) is 250 cm³/mol. The van der Waals surface area contributed by atoms with E-state index in [9.17, 15) is 14.7 Å². The summed E-state index contributed by atoms with van der Waals surface area (Å²) in [6, 6.07) is 0. The topological polar surface area (TPSA) is 76.1 Å². The van der Waals surface area contributed by atoms with Crippen molar-refractivity contribution in [3.8, 4) is 0 Å². The first-order valence-corrected chi connectivity index (χ1v) is 25.9. The number of nitrogens with zero attached hydrogens (tertiary/aromatic N) is 1. The van der Waals surface area contributed by atoms with E-state index < -0.39 is 0 Å². The summed E-state index contributed by atoms with van der Waals surface area (Å²) < 4.78 is 11.7. The molecular weight excluding hydrogens is 719 g/mol. The van der Waals surface area contributed by atoms with Crippen LogP contribution in [-0.2, 0) is 19.1 Å². The van der Waals surface area contributed by atoms with E-state index in [0.717, 1.165) is 71.0 Å². The van der Waals surface area contributed by atoms with Crippen molar-refractivity contribution in [2.75, 3.05) is 39.5 Å². The van der Waals surface area contributed by atoms with Gasteiger partial charge in [0, 0.05) is 19.4 Å². The number of unbranched alkanes of at least 4 members (excludes halogenated alkanes) is 22. The van der Waals surface area contributed by atoms with Gasteiger partial charge >= 0.3 is 11.9 Å². The van der Waals surface area contributed by atoms with E-state index in [0.29, 0.717) is 37.9 Å². The van der Waals surface area contributed by atoms with Gasteiger partial charge in [-0.3, -0.25) is 9.59 Å². The molecule has 0 rings (SSSR count). The Balaban J connectivity index is 4.28. The van der Waals surface area contributed by atoms with E-state index >= 15 is 0 Å². The number of esters is 2. The third-order valence-corrected chi connectivity index (χ3v) is 12.5. The number of rotatable bonds is 46. The van der Waals surface area contributed by atoms with Crippen molar-refractivity contribution < 1.29 is 24.2 Å². The first kappa shape index (κ1) is 56.9. The minimum atomic E-state index is -0.00349. The van der Waals surface area contributed by atoms with Crippen molar-refractivity contribution >= 4 is 11.9 Å². The fourth-order valence-electron chi connectivity index (χ4n) is 8.46. The first-order valence-electron chi connectivity index (χ1n) is 25.9. The van der Waals surface area contributed by atoms with Crippen molar-refractivity contribution in [1.82, 2.24) is 4.90 Å². The summed E-state index contributed by atoms with van der Waals surface area (Å²) in [5.41, 5.74) is -0.00346. The molecule has 0 aliphatic carbocycles. The zero-order valence-electron chi connectivity index (χ0n) is 40.2. The van der Waals surface area contributed by atoms with Crippen LogP contribution in [0.1, 0.15) is 266 Å². The van der Waals surface area contributed by atoms with E-state index in [4.69, 9.17) is 9.47 Å². The maximum absolute atomic E-state index is 12.9. The highest BCUT2D eigenvalue weighted by molar-refractivity contribution is 5.69. The molecule has 0 aliphatic rings. The van der Waals surface area contributed by atoms with E-state index in [2.05, 4.69) is 46.4 Å². The number of hydrogen-bond donors (Lipinski definition) is 1. The Hall–Kier alpha value is -1.14. The van der Waals surface area contributed by atoms with Crippen LogP contribution in [0.15, 0.2) is 0 Å². The van der Waals surface area contributed by atoms with Crippen LogP contribution >= 0.6 is 0 Å². The van der Waals surface area contributed by atoms with Gasteiger partial charge in [0.05, 0.1) is 19.8 Å². The summed E-state index contributed by atoms with van der Waals surface area (Å²) in [7, 11) is 0. The molecule has 0 spiro atoms. The van der Waals surface area contributed by atoms with E-state index in [1.807, 2.05) is 0 Å². The lowest BCUT2D eigenvalue weighted by molar-refractivity contribution is -0.148. The second kappa shape index (κ2) is 42.5. The smallest absolute Gasteiger partial charge is 0.306 e. The van der Waals surface area contributed by atoms with Gasteiger partial charge in [-0.05, 0) is 81.7 Å². The minimum Gasteiger partial charge on any atom is -0.465 e. The van der Waals surface area contributed by atoms with Crippen LogP contribution in [0.5, 0.6) is 0 Å². The van der Waals surface area contributed by atoms with Crippen LogP contribution in [-0.4, -0.2) is 61.4 Å². The lowest BCUT2D eigenvalue weighted by Crippen LogP contribution is -2.29. The van der Waals surface area contributed by atoms with Gasteiger partial charge in [-0.25, -0.2) is 0 Å². The average Bonchev–Trinajstić information content (AvgIpc) is 3.20. The number of hydrogen-bond acceptors (Lipinski definition) is 6. The van der Waals surface area contributed by atoms with Crippen molar-refractivity contribution in [1.29, 1.82) is 0 Å². The number of aliphatic hydroxyl groups excluding tert-OH is 1. The van der Waals surface area contributed by atoms with Crippen molar-refractivity contribution in [3.05, 3.63) is 0 Å². The zero-order chi connectivity index (χ0) is 42.8. The third kappa shape index (κ3) is 39.0. The molecule has 0 fully saturated rings. The van der Waals surface area contributed by atoms with Crippen molar-refractivity contribution in [2.24, 2.45) is 17.3 Å². The monoisotopic (exact) mass is 822 g/mol. The largest absolute Gasteiger partial charge is 0.465 e. The summed E-state index contributed by atoms with van der Waals surface area (Å²) in [4.78, 5) is 27.9. The van der Waals surface area contributed by atoms with Crippen molar-refractivity contribution in [3.63, 3.8) is 0 Å². The fourth-order valence-corrected chi connectivity index (χ4v) is 8.46. The van der Waals surface area contributed by atoms with Crippen LogP contribution in [0.3, 0.4) is 0 Å². The molecule has 346 valence electrons. The molecule has 6 nitrogen and oxygen atoms in total. The number of aliphatic hydroxyl groups is 1. The van der Waals surface area contributed by atoms with Gasteiger partial charge in [-0.2, -0.15) is 0 Å². The maximum atomic E-state index is 12.9. The van der Waals surface area contributed by atoms with Gasteiger partial charge in [-0.1, -0.05) is 202 Å². The average molecular weight is 822 g/mol. The van der Waals surface area contributed by atoms with Gasteiger partial charge in [-0.15, -0.1) is 0 Å². The van der Waals surface area contributed by atoms with E-state index in [1.165, 1.54) is 161 Å². The summed E-state index contributed by atoms with van der Waals surface area (Å²) in [5, 5.41) is 9.67. The van der Waals surface area contributed by atoms with Crippen LogP contribution in [0.4, 0.5) is 0 Å². The van der Waals surface area contributed by atoms with Crippen LogP contribution < -0.4 is 0 Å². The van der Waals surface area contributed by atoms with Gasteiger partial charge in [0.2, 0.25) is 0 Å². The number of carbonyl (C=O) groups is 2. The number of ether oxygens (including phenoxy) is 2. The Morgan fingerprint density at radius 3 is 1.38 bits per heavy atom. The lowest BCUT2D eigenvalue weighted by Gasteiger charge is -2.25. The summed E-state index contributed by atoms with van der Waals surface area (Å²) in [5.74, 6) is 1.01. The van der Waals surface area contributed by atoms with Crippen LogP contribution in [0, 0.1) is 17.3 Å². The Labute approximate surface area is 362 Å². The normalized spacial score (nSPS) is 12.0. The van der Waals surface area contributed by atoms with Crippen LogP contribution in [0.2, 0.25) is 0 Å². The predicted octanol–water partition coefficient (Wildman–Crippen LogP) is 15.4. The van der Waals surface area contributed by atoms with Gasteiger partial charge in [0.1, 0.15) is 0 Å². The minimum absolute atomic E-state index is 0.00346. The molecule has 0 aliphatic heterocycles. The summed E-state index contributed by atoms with van der Waals surface area (Å²) in [6.45, 7) is 17.7. The van der Waals surface area contributed by atoms with Crippen molar-refractivity contribution in [2.45, 2.75) is 266 Å². The SMILES string of the molecule is CCCCCCCC(CCCCCCC)COC(=O)CCCCCCCN(CCO)CCCCCC(C)(C)COC(=O)CC(CCCCCCC)CCCCCCC. The van der Waals surface area contributed by atoms with Gasteiger partial charge in [0.15, 0.2) is 0 Å². The van der Waals surface area contributed by atoms with E-state index in [1.54, 1.807) is 0 Å². The highest BCUT2D eigenvalue weighted by Gasteiger charge is 2.22. The molecule has 0 radical (unpaired) electrons. The molecule has 0 amide bonds. The van der Waals surface area contributed by atoms with E-state index in [-0.39, 0.29) is 24.0 Å². The Morgan fingerprint density at radius 2 is 0.897 bits per heavy atom. The molecule has 6 heteroatoms. The summed E-state index contributed by atoms with van der Waals surface area (Å²) in [6.07, 6.45) is 41.8. The Bertz CT molecular complexity index is 850. The highest BCUT2D eigenvalue weighted by atomic mass is 16.5. The number of carbonyl (C=O) groups excluding carboxylic acids is 2. The summed E-state index contributed by atoms with van der Waals surface area (Å²) >= 11 is 0. The molecule has 0 saturated heterocycles. The molecule has 0 saturated carbocycles. The second-order valence-corrected chi connectivity index (χ2v) is 19.1. The second-order valence-electron chi connectivity index (χ2n) is 19.1. The quantitative estimate of drug-likeness (QED) is 0.0487. The Morgan fingerprint density at radius 1 is 0.483 bits per heavy atom.